The molecule has 2 heterocycles. The van der Waals surface area contributed by atoms with Gasteiger partial charge in [0.1, 0.15) is 16.7 Å². The summed E-state index contributed by atoms with van der Waals surface area (Å²) in [5.74, 6) is 0.0435. The fraction of sp³-hybridized carbons (Fsp3) is 0.400. The molecule has 0 radical (unpaired) electrons. The highest BCUT2D eigenvalue weighted by Gasteiger charge is 2.32. The number of carbonyl (C=O) groups excluding carboxylic acids is 2. The maximum Gasteiger partial charge on any atom is 0.307 e. The third-order valence-corrected chi connectivity index (χ3v) is 4.41. The topological polar surface area (TPSA) is 63.0 Å². The van der Waals surface area contributed by atoms with Gasteiger partial charge in [-0.05, 0) is 26.2 Å². The Morgan fingerprint density at radius 1 is 1.52 bits per heavy atom. The normalized spacial score (nSPS) is 16.7. The number of thioether (sulfide) groups is 1. The Kier molecular flexibility index (Phi) is 6.37. The standard InChI is InChI=1S/C15H18N2O4S2/c1-16(2)7-9-21-13(18)5-6-17-14(19)12(23-15(17)22)10-11-4-3-8-20-11/h3-4,8,10H,5-7,9H2,1-2H3. The number of carbonyl (C=O) groups is 2. The molecule has 0 saturated carbocycles. The van der Waals surface area contributed by atoms with Crippen molar-refractivity contribution in [3.8, 4) is 0 Å². The lowest BCUT2D eigenvalue weighted by Crippen LogP contribution is -2.31. The van der Waals surface area contributed by atoms with E-state index in [9.17, 15) is 9.59 Å². The molecule has 1 saturated heterocycles. The minimum Gasteiger partial charge on any atom is -0.465 e. The number of rotatable bonds is 7. The van der Waals surface area contributed by atoms with Crippen molar-refractivity contribution in [3.63, 3.8) is 0 Å². The van der Waals surface area contributed by atoms with E-state index in [4.69, 9.17) is 21.4 Å². The minimum absolute atomic E-state index is 0.119. The van der Waals surface area contributed by atoms with E-state index in [1.54, 1.807) is 18.2 Å². The van der Waals surface area contributed by atoms with Crippen LogP contribution >= 0.6 is 24.0 Å². The van der Waals surface area contributed by atoms with E-state index < -0.39 is 0 Å². The maximum atomic E-state index is 12.3. The summed E-state index contributed by atoms with van der Waals surface area (Å²) in [6.07, 6.45) is 3.30. The molecule has 1 aromatic heterocycles. The molecule has 0 aliphatic carbocycles. The van der Waals surface area contributed by atoms with Gasteiger partial charge >= 0.3 is 5.97 Å². The van der Waals surface area contributed by atoms with Crippen molar-refractivity contribution >= 4 is 46.3 Å². The highest BCUT2D eigenvalue weighted by molar-refractivity contribution is 8.26. The molecule has 1 fully saturated rings. The van der Waals surface area contributed by atoms with E-state index in [0.29, 0.717) is 28.1 Å². The second-order valence-corrected chi connectivity index (χ2v) is 6.80. The van der Waals surface area contributed by atoms with Crippen molar-refractivity contribution < 1.29 is 18.7 Å². The largest absolute Gasteiger partial charge is 0.465 e. The predicted molar refractivity (Wildman–Crippen MR) is 92.7 cm³/mol. The van der Waals surface area contributed by atoms with Crippen LogP contribution in [-0.2, 0) is 14.3 Å². The summed E-state index contributed by atoms with van der Waals surface area (Å²) in [5, 5.41) is 0. The van der Waals surface area contributed by atoms with E-state index in [0.717, 1.165) is 0 Å². The van der Waals surface area contributed by atoms with Crippen LogP contribution in [0.4, 0.5) is 0 Å². The fourth-order valence-electron chi connectivity index (χ4n) is 1.81. The van der Waals surface area contributed by atoms with Crippen LogP contribution in [0.1, 0.15) is 12.2 Å². The highest BCUT2D eigenvalue weighted by atomic mass is 32.2. The second kappa shape index (κ2) is 8.28. The molecule has 0 atom stereocenters. The number of ether oxygens (including phenoxy) is 1. The molecule has 0 unspecified atom stereocenters. The van der Waals surface area contributed by atoms with Crippen LogP contribution in [0.2, 0.25) is 0 Å². The van der Waals surface area contributed by atoms with Gasteiger partial charge in [0.25, 0.3) is 5.91 Å². The summed E-state index contributed by atoms with van der Waals surface area (Å²) in [7, 11) is 3.80. The number of amides is 1. The Labute approximate surface area is 144 Å². The molecule has 23 heavy (non-hydrogen) atoms. The van der Waals surface area contributed by atoms with Gasteiger partial charge in [0.2, 0.25) is 0 Å². The van der Waals surface area contributed by atoms with Crippen molar-refractivity contribution in [1.29, 1.82) is 0 Å². The Bertz CT molecular complexity index is 611. The lowest BCUT2D eigenvalue weighted by atomic mass is 10.3. The van der Waals surface area contributed by atoms with Gasteiger partial charge in [0, 0.05) is 19.2 Å². The van der Waals surface area contributed by atoms with Crippen LogP contribution in [-0.4, -0.2) is 59.8 Å². The highest BCUT2D eigenvalue weighted by Crippen LogP contribution is 2.32. The molecule has 1 aromatic rings. The molecular weight excluding hydrogens is 336 g/mol. The molecule has 0 spiro atoms. The van der Waals surface area contributed by atoms with Gasteiger partial charge in [-0.1, -0.05) is 24.0 Å². The predicted octanol–water partition coefficient (Wildman–Crippen LogP) is 1.98. The molecule has 1 aliphatic rings. The van der Waals surface area contributed by atoms with Crippen molar-refractivity contribution in [3.05, 3.63) is 29.1 Å². The molecule has 6 nitrogen and oxygen atoms in total. The monoisotopic (exact) mass is 354 g/mol. The van der Waals surface area contributed by atoms with E-state index in [1.807, 2.05) is 19.0 Å². The first kappa shape index (κ1) is 17.7. The van der Waals surface area contributed by atoms with Crippen LogP contribution in [0.5, 0.6) is 0 Å². The molecule has 0 aromatic carbocycles. The van der Waals surface area contributed by atoms with Crippen molar-refractivity contribution in [2.75, 3.05) is 33.8 Å². The fourth-order valence-corrected chi connectivity index (χ4v) is 3.10. The Balaban J connectivity index is 1.85. The smallest absolute Gasteiger partial charge is 0.307 e. The SMILES string of the molecule is CN(C)CCOC(=O)CCN1C(=O)C(=Cc2ccco2)SC1=S. The van der Waals surface area contributed by atoms with Crippen molar-refractivity contribution in [2.45, 2.75) is 6.42 Å². The summed E-state index contributed by atoms with van der Waals surface area (Å²) in [6.45, 7) is 1.22. The Morgan fingerprint density at radius 2 is 2.30 bits per heavy atom. The Morgan fingerprint density at radius 3 is 2.96 bits per heavy atom. The molecule has 0 N–H and O–H groups in total. The quantitative estimate of drug-likeness (QED) is 0.421. The lowest BCUT2D eigenvalue weighted by molar-refractivity contribution is -0.144. The third-order valence-electron chi connectivity index (χ3n) is 3.03. The number of likely N-dealkylation sites (N-methyl/N-ethyl adjacent to an activating group) is 1. The molecular formula is C15H18N2O4S2. The molecule has 124 valence electrons. The summed E-state index contributed by atoms with van der Waals surface area (Å²) < 4.78 is 10.7. The van der Waals surface area contributed by atoms with Gasteiger partial charge in [-0.15, -0.1) is 0 Å². The van der Waals surface area contributed by atoms with Crippen LogP contribution in [0, 0.1) is 0 Å². The molecule has 1 aliphatic heterocycles. The average Bonchev–Trinajstić information content (AvgIpc) is 3.07. The zero-order valence-corrected chi connectivity index (χ0v) is 14.6. The molecule has 0 bridgehead atoms. The van der Waals surface area contributed by atoms with Gasteiger partial charge in [0.15, 0.2) is 0 Å². The van der Waals surface area contributed by atoms with Crippen LogP contribution in [0.25, 0.3) is 6.08 Å². The van der Waals surface area contributed by atoms with Gasteiger partial charge in [0.05, 0.1) is 17.6 Å². The number of hydrogen-bond donors (Lipinski definition) is 0. The number of esters is 1. The first-order chi connectivity index (χ1) is 11.0. The molecule has 8 heteroatoms. The zero-order chi connectivity index (χ0) is 16.8. The van der Waals surface area contributed by atoms with Crippen LogP contribution in [0.15, 0.2) is 27.7 Å². The summed E-state index contributed by atoms with van der Waals surface area (Å²) in [4.78, 5) is 27.8. The van der Waals surface area contributed by atoms with Crippen LogP contribution in [0.3, 0.4) is 0 Å². The minimum atomic E-state index is -0.337. The van der Waals surface area contributed by atoms with E-state index in [1.165, 1.54) is 22.9 Å². The Hall–Kier alpha value is -1.64. The van der Waals surface area contributed by atoms with Crippen molar-refractivity contribution in [1.82, 2.24) is 9.80 Å². The van der Waals surface area contributed by atoms with Gasteiger partial charge in [-0.25, -0.2) is 0 Å². The van der Waals surface area contributed by atoms with Gasteiger partial charge < -0.3 is 14.1 Å². The van der Waals surface area contributed by atoms with E-state index >= 15 is 0 Å². The van der Waals surface area contributed by atoms with E-state index in [-0.39, 0.29) is 24.8 Å². The maximum absolute atomic E-state index is 12.3. The molecule has 1 amide bonds. The number of nitrogens with zero attached hydrogens (tertiary/aromatic N) is 2. The van der Waals surface area contributed by atoms with Crippen LogP contribution < -0.4 is 0 Å². The number of furan rings is 1. The van der Waals surface area contributed by atoms with Crippen molar-refractivity contribution in [2.24, 2.45) is 0 Å². The van der Waals surface area contributed by atoms with Gasteiger partial charge in [-0.2, -0.15) is 0 Å². The first-order valence-corrected chi connectivity index (χ1v) is 8.29. The number of thiocarbonyl (C=S) groups is 1. The van der Waals surface area contributed by atoms with Gasteiger partial charge in [-0.3, -0.25) is 14.5 Å². The summed E-state index contributed by atoms with van der Waals surface area (Å²) in [6, 6.07) is 3.50. The first-order valence-electron chi connectivity index (χ1n) is 7.06. The second-order valence-electron chi connectivity index (χ2n) is 5.12. The molecule has 2 rings (SSSR count). The summed E-state index contributed by atoms with van der Waals surface area (Å²) in [5.41, 5.74) is 0. The average molecular weight is 354 g/mol. The van der Waals surface area contributed by atoms with E-state index in [2.05, 4.69) is 0 Å². The third kappa shape index (κ3) is 5.19. The summed E-state index contributed by atoms with van der Waals surface area (Å²) >= 11 is 6.41. The number of hydrogen-bond acceptors (Lipinski definition) is 7. The zero-order valence-electron chi connectivity index (χ0n) is 13.0. The lowest BCUT2D eigenvalue weighted by Gasteiger charge is -2.14.